The van der Waals surface area contributed by atoms with Crippen LogP contribution in [0.2, 0.25) is 0 Å². The largest absolute Gasteiger partial charge is 0.493 e. The van der Waals surface area contributed by atoms with Crippen LogP contribution in [0.15, 0.2) is 53.6 Å². The van der Waals surface area contributed by atoms with Gasteiger partial charge in [0.15, 0.2) is 11.6 Å². The summed E-state index contributed by atoms with van der Waals surface area (Å²) in [5.41, 5.74) is 5.27. The van der Waals surface area contributed by atoms with E-state index in [4.69, 9.17) is 14.6 Å². The maximum atomic E-state index is 12.9. The number of alkyl halides is 3. The van der Waals surface area contributed by atoms with E-state index in [1.807, 2.05) is 26.0 Å². The Morgan fingerprint density at radius 1 is 1.02 bits per heavy atom. The molecule has 1 fully saturated rings. The van der Waals surface area contributed by atoms with E-state index in [1.165, 1.54) is 44.3 Å². The molecule has 0 saturated carbocycles. The second-order valence-electron chi connectivity index (χ2n) is 10.00. The Balaban J connectivity index is 0.000000646. The first kappa shape index (κ1) is 33.6. The Morgan fingerprint density at radius 3 is 2.19 bits per heavy atom. The molecule has 234 valence electrons. The zero-order valence-electron chi connectivity index (χ0n) is 24.2. The number of methoxy groups -OCH3 is 1. The van der Waals surface area contributed by atoms with Gasteiger partial charge in [0, 0.05) is 55.5 Å². The van der Waals surface area contributed by atoms with Gasteiger partial charge >= 0.3 is 12.1 Å². The summed E-state index contributed by atoms with van der Waals surface area (Å²) in [6.07, 6.45) is 0.660. The van der Waals surface area contributed by atoms with Gasteiger partial charge in [-0.25, -0.2) is 22.9 Å². The third-order valence-corrected chi connectivity index (χ3v) is 7.99. The standard InChI is InChI=1S/C27H35N5O3S.C2HF3O2/c1-20-15-23(16-21(2)31-20)18-28-27-26(35-3)17-25(19-29-27)36(33,34)30-12-11-22-7-9-24(10-8-22)32-13-5-4-6-14-32;3-2(4,5)1(6)7/h7-10,15-17,19,30H,4-6,11-14,18H2,1-3H3,(H,28,29);(H,6,7). The van der Waals surface area contributed by atoms with Crippen LogP contribution in [0, 0.1) is 13.8 Å². The van der Waals surface area contributed by atoms with Crippen LogP contribution in [0.25, 0.3) is 0 Å². The fraction of sp³-hybridized carbons (Fsp3) is 0.414. The van der Waals surface area contributed by atoms with Gasteiger partial charge in [0.05, 0.1) is 7.11 Å². The van der Waals surface area contributed by atoms with Crippen LogP contribution < -0.4 is 19.7 Å². The summed E-state index contributed by atoms with van der Waals surface area (Å²) >= 11 is 0. The molecule has 10 nitrogen and oxygen atoms in total. The van der Waals surface area contributed by atoms with E-state index >= 15 is 0 Å². The van der Waals surface area contributed by atoms with Gasteiger partial charge in [0.2, 0.25) is 10.0 Å². The second-order valence-corrected chi connectivity index (χ2v) is 11.8. The van der Waals surface area contributed by atoms with E-state index in [-0.39, 0.29) is 4.90 Å². The van der Waals surface area contributed by atoms with Crippen molar-refractivity contribution in [2.45, 2.75) is 57.1 Å². The summed E-state index contributed by atoms with van der Waals surface area (Å²) in [5, 5.41) is 10.3. The van der Waals surface area contributed by atoms with Crippen LogP contribution in [0.1, 0.15) is 41.8 Å². The maximum absolute atomic E-state index is 12.9. The summed E-state index contributed by atoms with van der Waals surface area (Å²) in [5.74, 6) is -1.90. The molecule has 0 spiro atoms. The van der Waals surface area contributed by atoms with Crippen molar-refractivity contribution in [2.75, 3.05) is 37.0 Å². The molecule has 3 aromatic rings. The lowest BCUT2D eigenvalue weighted by atomic mass is 10.1. The number of nitrogens with one attached hydrogen (secondary N) is 2. The molecule has 3 N–H and O–H groups in total. The number of carbonyl (C=O) groups is 1. The second kappa shape index (κ2) is 15.0. The Labute approximate surface area is 249 Å². The van der Waals surface area contributed by atoms with E-state index in [2.05, 4.69) is 49.2 Å². The summed E-state index contributed by atoms with van der Waals surface area (Å²) in [7, 11) is -2.22. The third kappa shape index (κ3) is 10.4. The van der Waals surface area contributed by atoms with Crippen LogP contribution in [-0.2, 0) is 27.8 Å². The number of benzene rings is 1. The number of pyridine rings is 2. The molecule has 0 unspecified atom stereocenters. The molecule has 3 heterocycles. The van der Waals surface area contributed by atoms with Gasteiger partial charge in [-0.05, 0) is 74.9 Å². The first-order valence-electron chi connectivity index (χ1n) is 13.6. The van der Waals surface area contributed by atoms with Crippen molar-refractivity contribution in [2.24, 2.45) is 0 Å². The Kier molecular flexibility index (Phi) is 11.7. The zero-order chi connectivity index (χ0) is 31.6. The Bertz CT molecular complexity index is 1460. The van der Waals surface area contributed by atoms with Crippen LogP contribution in [0.3, 0.4) is 0 Å². The summed E-state index contributed by atoms with van der Waals surface area (Å²) in [6.45, 7) is 6.93. The number of rotatable bonds is 10. The van der Waals surface area contributed by atoms with Gasteiger partial charge < -0.3 is 20.1 Å². The van der Waals surface area contributed by atoms with Gasteiger partial charge in [0.1, 0.15) is 4.90 Å². The van der Waals surface area contributed by atoms with E-state index in [0.29, 0.717) is 31.1 Å². The summed E-state index contributed by atoms with van der Waals surface area (Å²) < 4.78 is 65.6. The molecule has 1 aromatic carbocycles. The predicted molar refractivity (Wildman–Crippen MR) is 157 cm³/mol. The van der Waals surface area contributed by atoms with Gasteiger partial charge in [-0.3, -0.25) is 4.98 Å². The van der Waals surface area contributed by atoms with Gasteiger partial charge in [-0.2, -0.15) is 13.2 Å². The van der Waals surface area contributed by atoms with Gasteiger partial charge in [-0.1, -0.05) is 12.1 Å². The fourth-order valence-electron chi connectivity index (χ4n) is 4.51. The zero-order valence-corrected chi connectivity index (χ0v) is 25.1. The molecule has 0 radical (unpaired) electrons. The number of aliphatic carboxylic acids is 1. The molecule has 4 rings (SSSR count). The number of carboxylic acids is 1. The van der Waals surface area contributed by atoms with Crippen LogP contribution >= 0.6 is 0 Å². The minimum Gasteiger partial charge on any atom is -0.493 e. The summed E-state index contributed by atoms with van der Waals surface area (Å²) in [6, 6.07) is 13.9. The SMILES string of the molecule is COc1cc(S(=O)(=O)NCCc2ccc(N3CCCCC3)cc2)cnc1NCc1cc(C)nc(C)c1.O=C(O)C(F)(F)F. The predicted octanol–water partition coefficient (Wildman–Crippen LogP) is 4.86. The van der Waals surface area contributed by atoms with Crippen molar-refractivity contribution in [3.05, 3.63) is 71.2 Å². The van der Waals surface area contributed by atoms with Crippen molar-refractivity contribution in [1.29, 1.82) is 0 Å². The van der Waals surface area contributed by atoms with Crippen LogP contribution in [0.5, 0.6) is 5.75 Å². The average Bonchev–Trinajstić information content (AvgIpc) is 2.96. The molecule has 0 atom stereocenters. The molecular weight excluding hydrogens is 587 g/mol. The highest BCUT2D eigenvalue weighted by molar-refractivity contribution is 7.89. The molecule has 1 saturated heterocycles. The number of hydrogen-bond donors (Lipinski definition) is 3. The molecule has 2 aromatic heterocycles. The van der Waals surface area contributed by atoms with E-state index in [9.17, 15) is 21.6 Å². The van der Waals surface area contributed by atoms with Crippen molar-refractivity contribution in [1.82, 2.24) is 14.7 Å². The number of anilines is 2. The first-order valence-corrected chi connectivity index (χ1v) is 15.1. The number of aryl methyl sites for hydroxylation is 2. The molecule has 14 heteroatoms. The lowest BCUT2D eigenvalue weighted by Crippen LogP contribution is -2.29. The molecule has 0 bridgehead atoms. The highest BCUT2D eigenvalue weighted by Gasteiger charge is 2.38. The minimum atomic E-state index is -5.08. The Hall–Kier alpha value is -3.91. The normalized spacial score (nSPS) is 13.6. The quantitative estimate of drug-likeness (QED) is 0.290. The number of hydrogen-bond acceptors (Lipinski definition) is 8. The van der Waals surface area contributed by atoms with Crippen molar-refractivity contribution < 1.29 is 36.2 Å². The van der Waals surface area contributed by atoms with Crippen LogP contribution in [-0.4, -0.2) is 62.4 Å². The van der Waals surface area contributed by atoms with Crippen molar-refractivity contribution in [3.63, 3.8) is 0 Å². The molecule has 1 aliphatic rings. The van der Waals surface area contributed by atoms with Gasteiger partial charge in [-0.15, -0.1) is 0 Å². The third-order valence-electron chi connectivity index (χ3n) is 6.56. The molecule has 0 amide bonds. The maximum Gasteiger partial charge on any atom is 0.490 e. The topological polar surface area (TPSA) is 134 Å². The highest BCUT2D eigenvalue weighted by atomic mass is 32.2. The number of halogens is 3. The molecule has 43 heavy (non-hydrogen) atoms. The number of piperidine rings is 1. The smallest absolute Gasteiger partial charge is 0.490 e. The molecule has 1 aliphatic heterocycles. The van der Waals surface area contributed by atoms with E-state index in [1.54, 1.807) is 0 Å². The highest BCUT2D eigenvalue weighted by Crippen LogP contribution is 2.26. The van der Waals surface area contributed by atoms with Crippen molar-refractivity contribution >= 4 is 27.5 Å². The number of nitrogens with zero attached hydrogens (tertiary/aromatic N) is 3. The number of aromatic nitrogens is 2. The molecule has 0 aliphatic carbocycles. The van der Waals surface area contributed by atoms with E-state index < -0.39 is 22.2 Å². The summed E-state index contributed by atoms with van der Waals surface area (Å²) in [4.78, 5) is 20.1. The lowest BCUT2D eigenvalue weighted by molar-refractivity contribution is -0.192. The average molecular weight is 624 g/mol. The lowest BCUT2D eigenvalue weighted by Gasteiger charge is -2.28. The monoisotopic (exact) mass is 623 g/mol. The van der Waals surface area contributed by atoms with Gasteiger partial charge in [0.25, 0.3) is 0 Å². The minimum absolute atomic E-state index is 0.0703. The van der Waals surface area contributed by atoms with E-state index in [0.717, 1.165) is 35.6 Å². The number of carboxylic acid groups (broad SMARTS) is 1. The number of sulfonamides is 1. The Morgan fingerprint density at radius 2 is 1.63 bits per heavy atom. The fourth-order valence-corrected chi connectivity index (χ4v) is 5.50. The van der Waals surface area contributed by atoms with Crippen molar-refractivity contribution in [3.8, 4) is 5.75 Å². The molecular formula is C29H36F3N5O5S. The van der Waals surface area contributed by atoms with Crippen LogP contribution in [0.4, 0.5) is 24.7 Å². The first-order chi connectivity index (χ1) is 20.3. The number of ether oxygens (including phenoxy) is 1.